The lowest BCUT2D eigenvalue weighted by molar-refractivity contribution is -0.336. The Balaban J connectivity index is 1.43. The van der Waals surface area contributed by atoms with E-state index in [-0.39, 0.29) is 36.0 Å². The molecule has 0 atom stereocenters. The molecule has 6 nitrogen and oxygen atoms in total. The van der Waals surface area contributed by atoms with E-state index in [0.717, 1.165) is 69.8 Å². The van der Waals surface area contributed by atoms with Crippen LogP contribution in [0.3, 0.4) is 0 Å². The van der Waals surface area contributed by atoms with Gasteiger partial charge in [0.05, 0.1) is 17.2 Å². The van der Waals surface area contributed by atoms with Gasteiger partial charge in [-0.3, -0.25) is 0 Å². The van der Waals surface area contributed by atoms with Gasteiger partial charge >= 0.3 is 11.9 Å². The highest BCUT2D eigenvalue weighted by atomic mass is 17.2. The van der Waals surface area contributed by atoms with Crippen LogP contribution in [0.5, 0.6) is 0 Å². The molecule has 0 aromatic heterocycles. The first-order valence-electron chi connectivity index (χ1n) is 13.0. The van der Waals surface area contributed by atoms with E-state index in [4.69, 9.17) is 19.2 Å². The molecule has 0 radical (unpaired) electrons. The molecule has 4 rings (SSSR count). The van der Waals surface area contributed by atoms with Gasteiger partial charge in [-0.15, -0.1) is 0 Å². The summed E-state index contributed by atoms with van der Waals surface area (Å²) in [5.74, 6) is -0.893. The van der Waals surface area contributed by atoms with Crippen LogP contribution in [0.15, 0.2) is 18.2 Å². The molecule has 0 N–H and O–H groups in total. The fourth-order valence-corrected chi connectivity index (χ4v) is 5.18. The van der Waals surface area contributed by atoms with Crippen LogP contribution in [0.1, 0.15) is 123 Å². The number of benzene rings is 1. The van der Waals surface area contributed by atoms with E-state index in [1.54, 1.807) is 18.2 Å². The SMILES string of the molecule is O=C(OC1CCCCC1)c1ccc(COOC2CCCCC2)cc1C(=O)OC1CCCCC1. The van der Waals surface area contributed by atoms with Gasteiger partial charge in [0.25, 0.3) is 0 Å². The van der Waals surface area contributed by atoms with Crippen molar-refractivity contribution in [2.75, 3.05) is 0 Å². The summed E-state index contributed by atoms with van der Waals surface area (Å²) in [5.41, 5.74) is 1.31. The second kappa shape index (κ2) is 12.5. The topological polar surface area (TPSA) is 71.1 Å². The summed E-state index contributed by atoms with van der Waals surface area (Å²) in [6.45, 7) is 0.220. The minimum absolute atomic E-state index is 0.0691. The number of carbonyl (C=O) groups is 2. The predicted octanol–water partition coefficient (Wildman–Crippen LogP) is 6.45. The Morgan fingerprint density at radius 3 is 1.67 bits per heavy atom. The van der Waals surface area contributed by atoms with Crippen molar-refractivity contribution in [2.24, 2.45) is 0 Å². The van der Waals surface area contributed by atoms with Crippen molar-refractivity contribution in [1.29, 1.82) is 0 Å². The molecule has 0 aliphatic heterocycles. The quantitative estimate of drug-likeness (QED) is 0.253. The van der Waals surface area contributed by atoms with E-state index in [9.17, 15) is 9.59 Å². The lowest BCUT2D eigenvalue weighted by atomic mass is 9.97. The van der Waals surface area contributed by atoms with Crippen molar-refractivity contribution < 1.29 is 28.8 Å². The Hall–Kier alpha value is -1.92. The van der Waals surface area contributed by atoms with E-state index >= 15 is 0 Å². The van der Waals surface area contributed by atoms with Crippen molar-refractivity contribution in [2.45, 2.75) is 121 Å². The molecule has 33 heavy (non-hydrogen) atoms. The Bertz CT molecular complexity index is 773. The van der Waals surface area contributed by atoms with Gasteiger partial charge in [0.15, 0.2) is 0 Å². The van der Waals surface area contributed by atoms with Gasteiger partial charge in [0.1, 0.15) is 18.8 Å². The molecular formula is C27H38O6. The average molecular weight is 459 g/mol. The molecule has 0 heterocycles. The number of hydrogen-bond donors (Lipinski definition) is 0. The van der Waals surface area contributed by atoms with Crippen LogP contribution in [-0.2, 0) is 25.9 Å². The zero-order valence-electron chi connectivity index (χ0n) is 19.7. The Morgan fingerprint density at radius 1 is 0.636 bits per heavy atom. The average Bonchev–Trinajstić information content (AvgIpc) is 2.86. The highest BCUT2D eigenvalue weighted by Crippen LogP contribution is 2.26. The normalized spacial score (nSPS) is 21.0. The molecule has 3 fully saturated rings. The van der Waals surface area contributed by atoms with Crippen molar-refractivity contribution in [3.05, 3.63) is 34.9 Å². The van der Waals surface area contributed by atoms with Crippen LogP contribution in [0.4, 0.5) is 0 Å². The molecular weight excluding hydrogens is 420 g/mol. The highest BCUT2D eigenvalue weighted by Gasteiger charge is 2.26. The molecule has 0 spiro atoms. The van der Waals surface area contributed by atoms with Gasteiger partial charge < -0.3 is 9.47 Å². The first-order valence-corrected chi connectivity index (χ1v) is 13.0. The summed E-state index contributed by atoms with van der Waals surface area (Å²) >= 11 is 0. The summed E-state index contributed by atoms with van der Waals surface area (Å²) in [6, 6.07) is 5.17. The van der Waals surface area contributed by atoms with E-state index in [1.165, 1.54) is 32.1 Å². The van der Waals surface area contributed by atoms with Gasteiger partial charge in [-0.25, -0.2) is 19.4 Å². The lowest BCUT2D eigenvalue weighted by Gasteiger charge is -2.24. The van der Waals surface area contributed by atoms with Crippen LogP contribution < -0.4 is 0 Å². The maximum atomic E-state index is 13.1. The van der Waals surface area contributed by atoms with E-state index in [2.05, 4.69) is 0 Å². The number of hydrogen-bond acceptors (Lipinski definition) is 6. The maximum Gasteiger partial charge on any atom is 0.339 e. The number of ether oxygens (including phenoxy) is 2. The molecule has 0 unspecified atom stereocenters. The number of carbonyl (C=O) groups excluding carboxylic acids is 2. The van der Waals surface area contributed by atoms with Crippen molar-refractivity contribution in [1.82, 2.24) is 0 Å². The second-order valence-electron chi connectivity index (χ2n) is 9.83. The van der Waals surface area contributed by atoms with Crippen LogP contribution in [0, 0.1) is 0 Å². The number of esters is 2. The summed E-state index contributed by atoms with van der Waals surface area (Å²) in [7, 11) is 0. The van der Waals surface area contributed by atoms with Crippen LogP contribution in [0.2, 0.25) is 0 Å². The molecule has 3 aliphatic carbocycles. The van der Waals surface area contributed by atoms with Crippen LogP contribution >= 0.6 is 0 Å². The fraction of sp³-hybridized carbons (Fsp3) is 0.704. The predicted molar refractivity (Wildman–Crippen MR) is 124 cm³/mol. The van der Waals surface area contributed by atoms with Crippen molar-refractivity contribution in [3.8, 4) is 0 Å². The Morgan fingerprint density at radius 2 is 1.12 bits per heavy atom. The molecule has 0 bridgehead atoms. The molecule has 6 heteroatoms. The highest BCUT2D eigenvalue weighted by molar-refractivity contribution is 6.03. The van der Waals surface area contributed by atoms with Crippen molar-refractivity contribution >= 4 is 11.9 Å². The number of rotatable bonds is 8. The van der Waals surface area contributed by atoms with Gasteiger partial charge in [-0.2, -0.15) is 0 Å². The zero-order valence-corrected chi connectivity index (χ0v) is 19.7. The third kappa shape index (κ3) is 7.28. The summed E-state index contributed by atoms with van der Waals surface area (Å²) in [6.07, 6.45) is 15.8. The monoisotopic (exact) mass is 458 g/mol. The van der Waals surface area contributed by atoms with Gasteiger partial charge in [0.2, 0.25) is 0 Å². The van der Waals surface area contributed by atoms with E-state index in [0.29, 0.717) is 0 Å². The van der Waals surface area contributed by atoms with Crippen LogP contribution in [0.25, 0.3) is 0 Å². The Labute approximate surface area is 197 Å². The van der Waals surface area contributed by atoms with E-state index < -0.39 is 11.9 Å². The summed E-state index contributed by atoms with van der Waals surface area (Å²) in [4.78, 5) is 37.2. The molecule has 182 valence electrons. The third-order valence-corrected chi connectivity index (χ3v) is 7.16. The standard InChI is InChI=1S/C27H38O6/c28-26(31-21-10-4-1-5-11-21)24-17-16-20(19-30-33-23-14-8-3-9-15-23)18-25(24)27(29)32-22-12-6-2-7-13-22/h16-18,21-23H,1-15,19H2. The first-order chi connectivity index (χ1) is 16.2. The molecule has 0 saturated heterocycles. The summed E-state index contributed by atoms with van der Waals surface area (Å²) < 4.78 is 11.5. The molecule has 0 amide bonds. The van der Waals surface area contributed by atoms with Crippen molar-refractivity contribution in [3.63, 3.8) is 0 Å². The van der Waals surface area contributed by atoms with E-state index in [1.807, 2.05) is 0 Å². The molecule has 3 saturated carbocycles. The van der Waals surface area contributed by atoms with Gasteiger partial charge in [0, 0.05) is 0 Å². The molecule has 3 aliphatic rings. The van der Waals surface area contributed by atoms with Gasteiger partial charge in [-0.1, -0.05) is 38.2 Å². The van der Waals surface area contributed by atoms with Gasteiger partial charge in [-0.05, 0) is 81.9 Å². The largest absolute Gasteiger partial charge is 0.459 e. The smallest absolute Gasteiger partial charge is 0.339 e. The minimum Gasteiger partial charge on any atom is -0.459 e. The van der Waals surface area contributed by atoms with Crippen LogP contribution in [-0.4, -0.2) is 30.3 Å². The maximum absolute atomic E-state index is 13.1. The summed E-state index contributed by atoms with van der Waals surface area (Å²) in [5, 5.41) is 0. The molecule has 1 aromatic carbocycles. The second-order valence-corrected chi connectivity index (χ2v) is 9.83. The Kier molecular flexibility index (Phi) is 9.18. The lowest BCUT2D eigenvalue weighted by Crippen LogP contribution is -2.25. The minimum atomic E-state index is -0.451. The fourth-order valence-electron chi connectivity index (χ4n) is 5.18. The first kappa shape index (κ1) is 24.2. The molecule has 1 aromatic rings. The third-order valence-electron chi connectivity index (χ3n) is 7.16. The zero-order chi connectivity index (χ0) is 22.9.